The molecule has 1 atom stereocenters. The van der Waals surface area contributed by atoms with Gasteiger partial charge in [-0.3, -0.25) is 4.79 Å². The Morgan fingerprint density at radius 3 is 2.55 bits per heavy atom. The number of rotatable bonds is 9. The molecule has 0 unspecified atom stereocenters. The van der Waals surface area contributed by atoms with Crippen LogP contribution in [0.1, 0.15) is 26.8 Å². The Kier molecular flexibility index (Phi) is 7.89. The molecular weight excluding hydrogens is 458 g/mol. The van der Waals surface area contributed by atoms with E-state index in [2.05, 4.69) is 16.1 Å². The molecule has 1 saturated heterocycles. The number of morpholine rings is 1. The van der Waals surface area contributed by atoms with E-state index in [0.29, 0.717) is 25.3 Å². The minimum atomic E-state index is -3.74. The Balaban J connectivity index is 1.42. The zero-order valence-corrected chi connectivity index (χ0v) is 19.8. The van der Waals surface area contributed by atoms with Crippen LogP contribution in [0, 0.1) is 0 Å². The fourth-order valence-corrected chi connectivity index (χ4v) is 5.83. The van der Waals surface area contributed by atoms with Crippen molar-refractivity contribution in [2.45, 2.75) is 17.5 Å². The first-order valence-corrected chi connectivity index (χ1v) is 13.3. The van der Waals surface area contributed by atoms with E-state index in [0.717, 1.165) is 18.7 Å². The third kappa shape index (κ3) is 6.27. The molecule has 1 aliphatic heterocycles. The van der Waals surface area contributed by atoms with Crippen molar-refractivity contribution < 1.29 is 22.8 Å². The average Bonchev–Trinajstić information content (AvgIpc) is 3.39. The summed E-state index contributed by atoms with van der Waals surface area (Å²) in [5, 5.41) is 5.05. The summed E-state index contributed by atoms with van der Waals surface area (Å²) >= 11 is 1.68. The number of quaternary nitrogens is 1. The van der Waals surface area contributed by atoms with Crippen LogP contribution in [0.25, 0.3) is 0 Å². The quantitative estimate of drug-likeness (QED) is 0.429. The Bertz CT molecular complexity index is 1150. The standard InChI is InChI=1S/C24H27N3O4S2/c28-24(25-18-22(23-10-5-15-32-23)27-11-13-31-14-12-27)20-8-4-9-21(16-20)33(29,30)26-17-19-6-2-1-3-7-19/h1-10,15-16,22,26H,11-14,17-18H2,(H,25,28)/p+1/t22-/m1/s1. The molecular formula is C24H28N3O4S2+. The van der Waals surface area contributed by atoms with Crippen LogP contribution >= 0.6 is 11.3 Å². The van der Waals surface area contributed by atoms with Crippen LogP contribution in [-0.2, 0) is 21.3 Å². The number of hydrogen-bond donors (Lipinski definition) is 3. The molecule has 4 rings (SSSR count). The highest BCUT2D eigenvalue weighted by Gasteiger charge is 2.28. The maximum absolute atomic E-state index is 12.9. The van der Waals surface area contributed by atoms with Gasteiger partial charge in [0.1, 0.15) is 19.1 Å². The van der Waals surface area contributed by atoms with Gasteiger partial charge in [-0.1, -0.05) is 42.5 Å². The molecule has 1 amide bonds. The molecule has 9 heteroatoms. The monoisotopic (exact) mass is 486 g/mol. The molecule has 33 heavy (non-hydrogen) atoms. The first-order valence-electron chi connectivity index (χ1n) is 10.9. The largest absolute Gasteiger partial charge is 0.370 e. The second kappa shape index (κ2) is 11.0. The van der Waals surface area contributed by atoms with Gasteiger partial charge in [0.2, 0.25) is 10.0 Å². The van der Waals surface area contributed by atoms with Gasteiger partial charge < -0.3 is 15.0 Å². The van der Waals surface area contributed by atoms with E-state index in [1.165, 1.54) is 21.9 Å². The highest BCUT2D eigenvalue weighted by Crippen LogP contribution is 2.17. The highest BCUT2D eigenvalue weighted by atomic mass is 32.2. The van der Waals surface area contributed by atoms with Crippen molar-refractivity contribution in [2.75, 3.05) is 32.8 Å². The molecule has 0 bridgehead atoms. The van der Waals surface area contributed by atoms with Crippen molar-refractivity contribution in [3.8, 4) is 0 Å². The van der Waals surface area contributed by atoms with Crippen molar-refractivity contribution in [1.82, 2.24) is 10.0 Å². The highest BCUT2D eigenvalue weighted by molar-refractivity contribution is 7.89. The lowest BCUT2D eigenvalue weighted by molar-refractivity contribution is -0.937. The van der Waals surface area contributed by atoms with Crippen LogP contribution in [0.15, 0.2) is 77.0 Å². The first kappa shape index (κ1) is 23.6. The third-order valence-corrected chi connectivity index (χ3v) is 8.08. The topological polar surface area (TPSA) is 88.9 Å². The van der Waals surface area contributed by atoms with E-state index in [4.69, 9.17) is 4.74 Å². The summed E-state index contributed by atoms with van der Waals surface area (Å²) in [6.07, 6.45) is 0. The van der Waals surface area contributed by atoms with Gasteiger partial charge in [-0.15, -0.1) is 11.3 Å². The van der Waals surface area contributed by atoms with Crippen LogP contribution < -0.4 is 14.9 Å². The number of hydrogen-bond acceptors (Lipinski definition) is 5. The number of ether oxygens (including phenoxy) is 1. The smallest absolute Gasteiger partial charge is 0.251 e. The average molecular weight is 487 g/mol. The summed E-state index contributed by atoms with van der Waals surface area (Å²) in [7, 11) is -3.74. The van der Waals surface area contributed by atoms with Crippen LogP contribution in [0.3, 0.4) is 0 Å². The van der Waals surface area contributed by atoms with Crippen molar-refractivity contribution in [2.24, 2.45) is 0 Å². The van der Waals surface area contributed by atoms with Crippen molar-refractivity contribution in [3.05, 3.63) is 88.1 Å². The predicted molar refractivity (Wildman–Crippen MR) is 128 cm³/mol. The lowest BCUT2D eigenvalue weighted by Gasteiger charge is -2.31. The van der Waals surface area contributed by atoms with Gasteiger partial charge in [-0.05, 0) is 35.2 Å². The van der Waals surface area contributed by atoms with Gasteiger partial charge in [0.05, 0.1) is 29.5 Å². The summed E-state index contributed by atoms with van der Waals surface area (Å²) in [4.78, 5) is 15.6. The third-order valence-electron chi connectivity index (χ3n) is 5.70. The number of amides is 1. The molecule has 1 fully saturated rings. The minimum Gasteiger partial charge on any atom is -0.370 e. The van der Waals surface area contributed by atoms with E-state index >= 15 is 0 Å². The Hall–Kier alpha value is -2.56. The van der Waals surface area contributed by atoms with Crippen molar-refractivity contribution in [3.63, 3.8) is 0 Å². The summed E-state index contributed by atoms with van der Waals surface area (Å²) in [5.74, 6) is -0.288. The number of nitrogens with one attached hydrogen (secondary N) is 3. The molecule has 1 aliphatic rings. The van der Waals surface area contributed by atoms with E-state index in [1.807, 2.05) is 41.8 Å². The Morgan fingerprint density at radius 2 is 1.82 bits per heavy atom. The maximum Gasteiger partial charge on any atom is 0.251 e. The van der Waals surface area contributed by atoms with Crippen LogP contribution in [0.4, 0.5) is 0 Å². The van der Waals surface area contributed by atoms with Gasteiger partial charge in [0, 0.05) is 12.1 Å². The number of carbonyl (C=O) groups excluding carboxylic acids is 1. The zero-order valence-electron chi connectivity index (χ0n) is 18.2. The lowest BCUT2D eigenvalue weighted by Crippen LogP contribution is -3.15. The first-order chi connectivity index (χ1) is 16.0. The lowest BCUT2D eigenvalue weighted by atomic mass is 10.1. The summed E-state index contributed by atoms with van der Waals surface area (Å²) < 4.78 is 33.6. The molecule has 0 saturated carbocycles. The predicted octanol–water partition coefficient (Wildman–Crippen LogP) is 1.61. The van der Waals surface area contributed by atoms with E-state index < -0.39 is 10.0 Å². The molecule has 0 aliphatic carbocycles. The summed E-state index contributed by atoms with van der Waals surface area (Å²) in [6.45, 7) is 3.85. The zero-order chi connectivity index (χ0) is 23.1. The van der Waals surface area contributed by atoms with Gasteiger partial charge in [-0.25, -0.2) is 13.1 Å². The molecule has 0 radical (unpaired) electrons. The number of thiophene rings is 1. The second-order valence-corrected chi connectivity index (χ2v) is 10.6. The van der Waals surface area contributed by atoms with Crippen molar-refractivity contribution in [1.29, 1.82) is 0 Å². The molecule has 174 valence electrons. The normalized spacial score (nSPS) is 15.8. The Labute approximate surface area is 198 Å². The van der Waals surface area contributed by atoms with Gasteiger partial charge >= 0.3 is 0 Å². The molecule has 1 aromatic heterocycles. The molecule has 3 N–H and O–H groups in total. The number of benzene rings is 2. The van der Waals surface area contributed by atoms with Crippen LogP contribution in [0.5, 0.6) is 0 Å². The molecule has 2 aromatic carbocycles. The minimum absolute atomic E-state index is 0.0692. The second-order valence-electron chi connectivity index (χ2n) is 7.89. The van der Waals surface area contributed by atoms with Crippen LogP contribution in [0.2, 0.25) is 0 Å². The summed E-state index contributed by atoms with van der Waals surface area (Å²) in [6, 6.07) is 19.7. The molecule has 2 heterocycles. The van der Waals surface area contributed by atoms with Crippen molar-refractivity contribution >= 4 is 27.3 Å². The SMILES string of the molecule is O=C(NC[C@H](c1cccs1)[NH+]1CCOCC1)c1cccc(S(=O)(=O)NCc2ccccc2)c1. The fraction of sp³-hybridized carbons (Fsp3) is 0.292. The molecule has 7 nitrogen and oxygen atoms in total. The van der Waals surface area contributed by atoms with E-state index in [-0.39, 0.29) is 23.4 Å². The van der Waals surface area contributed by atoms with Crippen LogP contribution in [-0.4, -0.2) is 47.2 Å². The molecule has 3 aromatic rings. The Morgan fingerprint density at radius 1 is 1.03 bits per heavy atom. The fourth-order valence-electron chi connectivity index (χ4n) is 3.88. The summed E-state index contributed by atoms with van der Waals surface area (Å²) in [5.41, 5.74) is 1.18. The maximum atomic E-state index is 12.9. The van der Waals surface area contributed by atoms with Gasteiger partial charge in [-0.2, -0.15) is 0 Å². The van der Waals surface area contributed by atoms with E-state index in [1.54, 1.807) is 23.5 Å². The van der Waals surface area contributed by atoms with E-state index in [9.17, 15) is 13.2 Å². The number of sulfonamides is 1. The number of carbonyl (C=O) groups is 1. The van der Waals surface area contributed by atoms with Gasteiger partial charge in [0.25, 0.3) is 5.91 Å². The molecule has 0 spiro atoms. The van der Waals surface area contributed by atoms with Gasteiger partial charge in [0.15, 0.2) is 0 Å².